The Hall–Kier alpha value is -1.68. The van der Waals surface area contributed by atoms with Crippen LogP contribution < -0.4 is 10.6 Å². The van der Waals surface area contributed by atoms with Gasteiger partial charge in [-0.2, -0.15) is 0 Å². The molecular weight excluding hydrogens is 294 g/mol. The molecule has 0 aromatic carbocycles. The van der Waals surface area contributed by atoms with Crippen LogP contribution in [0, 0.1) is 0 Å². The van der Waals surface area contributed by atoms with Gasteiger partial charge in [-0.15, -0.1) is 0 Å². The lowest BCUT2D eigenvalue weighted by molar-refractivity contribution is -0.138. The molecule has 1 rings (SSSR count). The zero-order valence-corrected chi connectivity index (χ0v) is 11.3. The number of carbonyl (C=O) groups is 4. The quantitative estimate of drug-likeness (QED) is 0.494. The van der Waals surface area contributed by atoms with E-state index in [2.05, 4.69) is 10.6 Å². The largest absolute Gasteiger partial charge is 0.480 e. The number of carbonyl (C=O) groups excluding carboxylic acids is 3. The topological polar surface area (TPSA) is 116 Å². The summed E-state index contributed by atoms with van der Waals surface area (Å²) >= 11 is 6.06. The van der Waals surface area contributed by atoms with Gasteiger partial charge in [-0.05, 0) is 0 Å². The second-order valence-electron chi connectivity index (χ2n) is 3.48. The predicted octanol–water partition coefficient (Wildman–Crippen LogP) is -1.84. The molecule has 1 aliphatic rings. The molecule has 0 aliphatic carbocycles. The number of amides is 3. The van der Waals surface area contributed by atoms with E-state index in [1.165, 1.54) is 11.8 Å². The maximum atomic E-state index is 11.5. The zero-order chi connectivity index (χ0) is 14.4. The van der Waals surface area contributed by atoms with E-state index in [1.54, 1.807) is 0 Å². The van der Waals surface area contributed by atoms with Gasteiger partial charge in [0, 0.05) is 0 Å². The highest BCUT2D eigenvalue weighted by Crippen LogP contribution is 2.18. The third kappa shape index (κ3) is 5.22. The second-order valence-corrected chi connectivity index (χ2v) is 5.09. The van der Waals surface area contributed by atoms with Crippen LogP contribution in [0.2, 0.25) is 0 Å². The average Bonchev–Trinajstić information content (AvgIpc) is 2.65. The molecule has 3 amide bonds. The third-order valence-corrected chi connectivity index (χ3v) is 3.46. The normalized spacial score (nSPS) is 14.4. The molecule has 1 aliphatic heterocycles. The van der Waals surface area contributed by atoms with E-state index >= 15 is 0 Å². The first-order valence-electron chi connectivity index (χ1n) is 5.12. The lowest BCUT2D eigenvalue weighted by Crippen LogP contribution is -2.44. The number of carboxylic acids is 1. The summed E-state index contributed by atoms with van der Waals surface area (Å²) in [6, 6.07) is 0. The molecule has 0 aromatic rings. The molecule has 0 unspecified atom stereocenters. The van der Waals surface area contributed by atoms with Gasteiger partial charge in [-0.1, -0.05) is 24.0 Å². The van der Waals surface area contributed by atoms with Gasteiger partial charge in [0.15, 0.2) is 0 Å². The molecule has 1 heterocycles. The van der Waals surface area contributed by atoms with Gasteiger partial charge in [0.2, 0.25) is 17.7 Å². The Labute approximate surface area is 117 Å². The van der Waals surface area contributed by atoms with Gasteiger partial charge in [0.25, 0.3) is 0 Å². The summed E-state index contributed by atoms with van der Waals surface area (Å²) in [6.45, 7) is -1.11. The van der Waals surface area contributed by atoms with Crippen molar-refractivity contribution in [2.24, 2.45) is 0 Å². The molecule has 0 radical (unpaired) electrons. The SMILES string of the molecule is O=C(O)CNC(=O)CNC(=O)CN1C(=O)CSC1=S. The summed E-state index contributed by atoms with van der Waals surface area (Å²) in [5, 5.41) is 12.7. The van der Waals surface area contributed by atoms with Crippen molar-refractivity contribution in [3.8, 4) is 0 Å². The van der Waals surface area contributed by atoms with Crippen molar-refractivity contribution in [1.82, 2.24) is 15.5 Å². The lowest BCUT2D eigenvalue weighted by atomic mass is 10.4. The van der Waals surface area contributed by atoms with Crippen molar-refractivity contribution >= 4 is 52.0 Å². The Bertz CT molecular complexity index is 424. The number of rotatable bonds is 6. The standard InChI is InChI=1S/C9H11N3O5S2/c13-5(11-2-8(16)17)1-10-6(14)3-12-7(15)4-19-9(12)18/h1-4H2,(H,10,14)(H,11,13)(H,16,17). The Morgan fingerprint density at radius 1 is 1.26 bits per heavy atom. The highest BCUT2D eigenvalue weighted by Gasteiger charge is 2.28. The molecule has 1 saturated heterocycles. The summed E-state index contributed by atoms with van der Waals surface area (Å²) in [5.41, 5.74) is 0. The van der Waals surface area contributed by atoms with Crippen LogP contribution in [0.3, 0.4) is 0 Å². The molecule has 0 saturated carbocycles. The zero-order valence-electron chi connectivity index (χ0n) is 9.67. The van der Waals surface area contributed by atoms with Gasteiger partial charge < -0.3 is 15.7 Å². The number of hydrogen-bond acceptors (Lipinski definition) is 6. The maximum absolute atomic E-state index is 11.5. The number of nitrogens with one attached hydrogen (secondary N) is 2. The lowest BCUT2D eigenvalue weighted by Gasteiger charge is -2.14. The van der Waals surface area contributed by atoms with Crippen molar-refractivity contribution < 1.29 is 24.3 Å². The van der Waals surface area contributed by atoms with E-state index in [0.717, 1.165) is 4.90 Å². The number of thiocarbonyl (C=S) groups is 1. The fourth-order valence-corrected chi connectivity index (χ4v) is 2.22. The van der Waals surface area contributed by atoms with Crippen LogP contribution >= 0.6 is 24.0 Å². The minimum Gasteiger partial charge on any atom is -0.480 e. The summed E-state index contributed by atoms with van der Waals surface area (Å²) in [7, 11) is 0. The highest BCUT2D eigenvalue weighted by molar-refractivity contribution is 8.23. The Morgan fingerprint density at radius 3 is 2.42 bits per heavy atom. The Morgan fingerprint density at radius 2 is 1.89 bits per heavy atom. The van der Waals surface area contributed by atoms with Crippen LogP contribution in [0.5, 0.6) is 0 Å². The highest BCUT2D eigenvalue weighted by atomic mass is 32.2. The second kappa shape index (κ2) is 7.04. The van der Waals surface area contributed by atoms with Crippen LogP contribution in [0.4, 0.5) is 0 Å². The maximum Gasteiger partial charge on any atom is 0.322 e. The number of thioether (sulfide) groups is 1. The van der Waals surface area contributed by atoms with Crippen LogP contribution in [0.25, 0.3) is 0 Å². The summed E-state index contributed by atoms with van der Waals surface area (Å²) in [4.78, 5) is 45.2. The number of aliphatic carboxylic acids is 1. The van der Waals surface area contributed by atoms with Crippen molar-refractivity contribution in [2.75, 3.05) is 25.4 Å². The van der Waals surface area contributed by atoms with Gasteiger partial charge in [0.1, 0.15) is 17.4 Å². The van der Waals surface area contributed by atoms with Crippen LogP contribution in [0.15, 0.2) is 0 Å². The fourth-order valence-electron chi connectivity index (χ4n) is 1.15. The Kier molecular flexibility index (Phi) is 5.70. The molecule has 0 atom stereocenters. The van der Waals surface area contributed by atoms with Gasteiger partial charge in [-0.3, -0.25) is 24.1 Å². The number of carboxylic acid groups (broad SMARTS) is 1. The predicted molar refractivity (Wildman–Crippen MR) is 70.4 cm³/mol. The van der Waals surface area contributed by atoms with E-state index in [9.17, 15) is 19.2 Å². The minimum absolute atomic E-state index is 0.214. The minimum atomic E-state index is -1.18. The fraction of sp³-hybridized carbons (Fsp3) is 0.444. The van der Waals surface area contributed by atoms with Crippen molar-refractivity contribution in [3.63, 3.8) is 0 Å². The van der Waals surface area contributed by atoms with Crippen LogP contribution in [-0.2, 0) is 19.2 Å². The number of hydrogen-bond donors (Lipinski definition) is 3. The summed E-state index contributed by atoms with van der Waals surface area (Å²) in [5.74, 6) is -2.38. The smallest absolute Gasteiger partial charge is 0.322 e. The van der Waals surface area contributed by atoms with Crippen molar-refractivity contribution in [1.29, 1.82) is 0 Å². The van der Waals surface area contributed by atoms with Gasteiger partial charge in [-0.25, -0.2) is 0 Å². The molecule has 104 valence electrons. The first-order valence-corrected chi connectivity index (χ1v) is 6.52. The van der Waals surface area contributed by atoms with Crippen molar-refractivity contribution in [2.45, 2.75) is 0 Å². The van der Waals surface area contributed by atoms with E-state index in [0.29, 0.717) is 4.32 Å². The molecule has 0 bridgehead atoms. The molecule has 10 heteroatoms. The molecular formula is C9H11N3O5S2. The van der Waals surface area contributed by atoms with Crippen molar-refractivity contribution in [3.05, 3.63) is 0 Å². The summed E-state index contributed by atoms with van der Waals surface area (Å²) < 4.78 is 0.329. The molecule has 3 N–H and O–H groups in total. The van der Waals surface area contributed by atoms with Crippen LogP contribution in [0.1, 0.15) is 0 Å². The van der Waals surface area contributed by atoms with Gasteiger partial charge >= 0.3 is 5.97 Å². The molecule has 0 aromatic heterocycles. The molecule has 19 heavy (non-hydrogen) atoms. The third-order valence-electron chi connectivity index (χ3n) is 2.03. The van der Waals surface area contributed by atoms with E-state index in [1.807, 2.05) is 0 Å². The molecule has 0 spiro atoms. The van der Waals surface area contributed by atoms with Crippen LogP contribution in [-0.4, -0.2) is 63.4 Å². The molecule has 8 nitrogen and oxygen atoms in total. The van der Waals surface area contributed by atoms with E-state index in [-0.39, 0.29) is 24.7 Å². The van der Waals surface area contributed by atoms with Gasteiger partial charge in [0.05, 0.1) is 12.3 Å². The first kappa shape index (κ1) is 15.4. The van der Waals surface area contributed by atoms with E-state index in [4.69, 9.17) is 17.3 Å². The molecule has 1 fully saturated rings. The average molecular weight is 305 g/mol. The van der Waals surface area contributed by atoms with E-state index < -0.39 is 24.3 Å². The monoisotopic (exact) mass is 305 g/mol. The Balaban J connectivity index is 2.28. The number of nitrogens with zero attached hydrogens (tertiary/aromatic N) is 1. The summed E-state index contributed by atoms with van der Waals surface area (Å²) in [6.07, 6.45) is 0. The first-order chi connectivity index (χ1) is 8.90.